The quantitative estimate of drug-likeness (QED) is 0.248. The zero-order valence-corrected chi connectivity index (χ0v) is 11.2. The first-order chi connectivity index (χ1) is 9.83. The van der Waals surface area contributed by atoms with Gasteiger partial charge in [-0.2, -0.15) is 13.2 Å². The molecular weight excluding hydrogens is 287 g/mol. The van der Waals surface area contributed by atoms with Gasteiger partial charge in [0.1, 0.15) is 0 Å². The Morgan fingerprint density at radius 3 is 2.29 bits per heavy atom. The molecule has 1 amide bonds. The number of rotatable bonds is 6. The van der Waals surface area contributed by atoms with E-state index >= 15 is 0 Å². The molecule has 0 radical (unpaired) electrons. The number of halogens is 3. The van der Waals surface area contributed by atoms with E-state index in [-0.39, 0.29) is 31.1 Å². The molecule has 0 unspecified atom stereocenters. The first kappa shape index (κ1) is 16.8. The fraction of sp³-hybridized carbons (Fsp3) is 0.385. The van der Waals surface area contributed by atoms with Gasteiger partial charge in [-0.3, -0.25) is 4.79 Å². The van der Waals surface area contributed by atoms with E-state index in [0.717, 1.165) is 0 Å². The number of nitrogens with two attached hydrogens (primary N) is 1. The van der Waals surface area contributed by atoms with E-state index < -0.39 is 12.6 Å². The van der Waals surface area contributed by atoms with E-state index in [2.05, 4.69) is 10.5 Å². The van der Waals surface area contributed by atoms with Crippen molar-refractivity contribution in [3.63, 3.8) is 0 Å². The highest BCUT2D eigenvalue weighted by Gasteiger charge is 2.25. The first-order valence-electron chi connectivity index (χ1n) is 6.26. The summed E-state index contributed by atoms with van der Waals surface area (Å²) in [4.78, 5) is 11.7. The van der Waals surface area contributed by atoms with Crippen LogP contribution in [0.4, 0.5) is 13.2 Å². The maximum atomic E-state index is 11.9. The summed E-state index contributed by atoms with van der Waals surface area (Å²) < 4.78 is 35.7. The average Bonchev–Trinajstić information content (AvgIpc) is 2.44. The predicted molar refractivity (Wildman–Crippen MR) is 71.2 cm³/mol. The highest BCUT2D eigenvalue weighted by Crippen LogP contribution is 2.21. The third-order valence-corrected chi connectivity index (χ3v) is 2.72. The molecule has 1 aromatic carbocycles. The van der Waals surface area contributed by atoms with E-state index in [1.54, 1.807) is 0 Å². The van der Waals surface area contributed by atoms with Gasteiger partial charge in [0.25, 0.3) is 5.91 Å². The van der Waals surface area contributed by atoms with Crippen LogP contribution in [0.15, 0.2) is 29.4 Å². The van der Waals surface area contributed by atoms with Gasteiger partial charge < -0.3 is 16.3 Å². The van der Waals surface area contributed by atoms with Crippen LogP contribution in [0.1, 0.15) is 35.2 Å². The van der Waals surface area contributed by atoms with Crippen molar-refractivity contribution in [3.8, 4) is 0 Å². The number of nitrogens with zero attached hydrogens (tertiary/aromatic N) is 1. The minimum absolute atomic E-state index is 0.0216. The fourth-order valence-corrected chi connectivity index (χ4v) is 1.60. The van der Waals surface area contributed by atoms with Crippen LogP contribution in [0.2, 0.25) is 0 Å². The standard InChI is InChI=1S/C13H16F3N3O2/c14-13(15,16)7-1-2-8-18-12(20)10-5-3-9(4-6-10)11(17)19-21/h3-6,21H,1-2,7-8H2,(H2,17,19)(H,18,20). The highest BCUT2D eigenvalue weighted by atomic mass is 19.4. The van der Waals surface area contributed by atoms with E-state index in [0.29, 0.717) is 11.1 Å². The fourth-order valence-electron chi connectivity index (χ4n) is 1.60. The second-order valence-corrected chi connectivity index (χ2v) is 4.39. The molecule has 8 heteroatoms. The molecule has 0 spiro atoms. The number of nitrogens with one attached hydrogen (secondary N) is 1. The summed E-state index contributed by atoms with van der Waals surface area (Å²) in [5.41, 5.74) is 6.18. The van der Waals surface area contributed by atoms with Gasteiger partial charge in [-0.1, -0.05) is 17.3 Å². The summed E-state index contributed by atoms with van der Waals surface area (Å²) in [6.45, 7) is 0.177. The van der Waals surface area contributed by atoms with Crippen molar-refractivity contribution >= 4 is 11.7 Å². The number of oxime groups is 1. The molecular formula is C13H16F3N3O2. The maximum absolute atomic E-state index is 11.9. The number of carbonyl (C=O) groups is 1. The van der Waals surface area contributed by atoms with Crippen LogP contribution in [-0.4, -0.2) is 29.7 Å². The second-order valence-electron chi connectivity index (χ2n) is 4.39. The smallest absolute Gasteiger partial charge is 0.389 e. The zero-order valence-electron chi connectivity index (χ0n) is 11.2. The van der Waals surface area contributed by atoms with Crippen molar-refractivity contribution in [2.45, 2.75) is 25.4 Å². The van der Waals surface area contributed by atoms with Gasteiger partial charge >= 0.3 is 6.18 Å². The predicted octanol–water partition coefficient (Wildman–Crippen LogP) is 2.24. The summed E-state index contributed by atoms with van der Waals surface area (Å²) in [7, 11) is 0. The Hall–Kier alpha value is -2.25. The Labute approximate surface area is 119 Å². The lowest BCUT2D eigenvalue weighted by Crippen LogP contribution is -2.25. The lowest BCUT2D eigenvalue weighted by Gasteiger charge is -2.07. The number of alkyl halides is 3. The first-order valence-corrected chi connectivity index (χ1v) is 6.26. The highest BCUT2D eigenvalue weighted by molar-refractivity contribution is 5.99. The van der Waals surface area contributed by atoms with Crippen LogP contribution in [0.3, 0.4) is 0 Å². The molecule has 5 nitrogen and oxygen atoms in total. The van der Waals surface area contributed by atoms with Crippen molar-refractivity contribution in [2.24, 2.45) is 10.9 Å². The Balaban J connectivity index is 2.39. The molecule has 0 heterocycles. The molecule has 116 valence electrons. The molecule has 0 aromatic heterocycles. The summed E-state index contributed by atoms with van der Waals surface area (Å²) in [5, 5.41) is 13.8. The number of unbranched alkanes of at least 4 members (excludes halogenated alkanes) is 1. The number of hydrogen-bond donors (Lipinski definition) is 3. The van der Waals surface area contributed by atoms with Gasteiger partial charge in [0.05, 0.1) is 0 Å². The second kappa shape index (κ2) is 7.51. The summed E-state index contributed by atoms with van der Waals surface area (Å²) in [6.07, 6.45) is -4.77. The van der Waals surface area contributed by atoms with E-state index in [1.165, 1.54) is 24.3 Å². The SMILES string of the molecule is N/C(=N/O)c1ccc(C(=O)NCCCCC(F)(F)F)cc1. The lowest BCUT2D eigenvalue weighted by molar-refractivity contribution is -0.135. The van der Waals surface area contributed by atoms with Crippen molar-refractivity contribution < 1.29 is 23.2 Å². The summed E-state index contributed by atoms with van der Waals surface area (Å²) in [5.74, 6) is -0.456. The monoisotopic (exact) mass is 303 g/mol. The van der Waals surface area contributed by atoms with Gasteiger partial charge in [-0.15, -0.1) is 0 Å². The third-order valence-electron chi connectivity index (χ3n) is 2.72. The van der Waals surface area contributed by atoms with Crippen LogP contribution in [0.5, 0.6) is 0 Å². The maximum Gasteiger partial charge on any atom is 0.389 e. The lowest BCUT2D eigenvalue weighted by atomic mass is 10.1. The summed E-state index contributed by atoms with van der Waals surface area (Å²) in [6, 6.07) is 5.98. The number of amides is 1. The van der Waals surface area contributed by atoms with Crippen LogP contribution in [0.25, 0.3) is 0 Å². The third kappa shape index (κ3) is 6.15. The molecule has 4 N–H and O–H groups in total. The van der Waals surface area contributed by atoms with E-state index in [1.807, 2.05) is 0 Å². The average molecular weight is 303 g/mol. The number of benzene rings is 1. The topological polar surface area (TPSA) is 87.7 Å². The Morgan fingerprint density at radius 1 is 1.19 bits per heavy atom. The summed E-state index contributed by atoms with van der Waals surface area (Å²) >= 11 is 0. The van der Waals surface area contributed by atoms with Gasteiger partial charge in [0, 0.05) is 24.1 Å². The molecule has 0 aliphatic carbocycles. The molecule has 0 fully saturated rings. The van der Waals surface area contributed by atoms with Gasteiger partial charge in [-0.05, 0) is 25.0 Å². The van der Waals surface area contributed by atoms with Crippen LogP contribution >= 0.6 is 0 Å². The molecule has 0 aliphatic rings. The molecule has 1 rings (SSSR count). The number of amidine groups is 1. The van der Waals surface area contributed by atoms with Crippen molar-refractivity contribution in [2.75, 3.05) is 6.54 Å². The van der Waals surface area contributed by atoms with E-state index in [4.69, 9.17) is 10.9 Å². The van der Waals surface area contributed by atoms with E-state index in [9.17, 15) is 18.0 Å². The molecule has 0 saturated heterocycles. The molecule has 0 saturated carbocycles. The van der Waals surface area contributed by atoms with Crippen LogP contribution < -0.4 is 11.1 Å². The molecule has 0 aliphatic heterocycles. The molecule has 21 heavy (non-hydrogen) atoms. The Kier molecular flexibility index (Phi) is 6.01. The number of carbonyl (C=O) groups excluding carboxylic acids is 1. The van der Waals surface area contributed by atoms with Gasteiger partial charge in [-0.25, -0.2) is 0 Å². The molecule has 1 aromatic rings. The van der Waals surface area contributed by atoms with Crippen molar-refractivity contribution in [1.29, 1.82) is 0 Å². The molecule has 0 atom stereocenters. The Morgan fingerprint density at radius 2 is 1.76 bits per heavy atom. The van der Waals surface area contributed by atoms with Crippen LogP contribution in [0, 0.1) is 0 Å². The largest absolute Gasteiger partial charge is 0.409 e. The van der Waals surface area contributed by atoms with Gasteiger partial charge in [0.2, 0.25) is 0 Å². The minimum Gasteiger partial charge on any atom is -0.409 e. The normalized spacial score (nSPS) is 12.2. The van der Waals surface area contributed by atoms with Crippen molar-refractivity contribution in [1.82, 2.24) is 5.32 Å². The number of hydrogen-bond acceptors (Lipinski definition) is 3. The zero-order chi connectivity index (χ0) is 15.9. The Bertz CT molecular complexity index is 498. The van der Waals surface area contributed by atoms with Gasteiger partial charge in [0.15, 0.2) is 5.84 Å². The van der Waals surface area contributed by atoms with Crippen LogP contribution in [-0.2, 0) is 0 Å². The minimum atomic E-state index is -4.16. The van der Waals surface area contributed by atoms with Crippen molar-refractivity contribution in [3.05, 3.63) is 35.4 Å². The molecule has 0 bridgehead atoms.